The fourth-order valence-electron chi connectivity index (χ4n) is 2.43. The first-order valence-electron chi connectivity index (χ1n) is 7.59. The molecular weight excluding hydrogens is 236 g/mol. The molecule has 0 fully saturated rings. The van der Waals surface area contributed by atoms with E-state index in [1.165, 1.54) is 6.42 Å². The van der Waals surface area contributed by atoms with Gasteiger partial charge in [0.1, 0.15) is 12.2 Å². The maximum absolute atomic E-state index is 4.37. The molecule has 4 nitrogen and oxygen atoms in total. The fourth-order valence-corrected chi connectivity index (χ4v) is 2.43. The minimum Gasteiger partial charge on any atom is -0.314 e. The average molecular weight is 266 g/mol. The van der Waals surface area contributed by atoms with Crippen LogP contribution in [0.1, 0.15) is 59.7 Å². The van der Waals surface area contributed by atoms with Gasteiger partial charge in [0.05, 0.1) is 0 Å². The Labute approximate surface area is 118 Å². The van der Waals surface area contributed by atoms with E-state index in [2.05, 4.69) is 50.0 Å². The maximum Gasteiger partial charge on any atom is 0.138 e. The van der Waals surface area contributed by atoms with Gasteiger partial charge in [0.25, 0.3) is 0 Å². The summed E-state index contributed by atoms with van der Waals surface area (Å²) >= 11 is 0. The summed E-state index contributed by atoms with van der Waals surface area (Å²) in [7, 11) is 0. The molecule has 0 bridgehead atoms. The molecule has 0 aliphatic carbocycles. The molecule has 4 heteroatoms. The lowest BCUT2D eigenvalue weighted by Gasteiger charge is -2.31. The van der Waals surface area contributed by atoms with E-state index in [0.29, 0.717) is 11.5 Å². The Balaban J connectivity index is 2.45. The largest absolute Gasteiger partial charge is 0.314 e. The molecule has 0 saturated carbocycles. The summed E-state index contributed by atoms with van der Waals surface area (Å²) < 4.78 is 2.04. The van der Waals surface area contributed by atoms with Gasteiger partial charge in [0.2, 0.25) is 0 Å². The van der Waals surface area contributed by atoms with Gasteiger partial charge in [0, 0.05) is 19.0 Å². The minimum absolute atomic E-state index is 0.313. The smallest absolute Gasteiger partial charge is 0.138 e. The van der Waals surface area contributed by atoms with Crippen LogP contribution in [0, 0.1) is 5.41 Å². The summed E-state index contributed by atoms with van der Waals surface area (Å²) in [6.07, 6.45) is 6.17. The zero-order valence-electron chi connectivity index (χ0n) is 13.2. The number of rotatable bonds is 8. The summed E-state index contributed by atoms with van der Waals surface area (Å²) in [5.41, 5.74) is 0.313. The molecule has 0 amide bonds. The van der Waals surface area contributed by atoms with Crippen LogP contribution in [0.15, 0.2) is 6.33 Å². The lowest BCUT2D eigenvalue weighted by molar-refractivity contribution is 0.254. The van der Waals surface area contributed by atoms with Crippen molar-refractivity contribution in [3.63, 3.8) is 0 Å². The number of aromatic nitrogens is 3. The van der Waals surface area contributed by atoms with Gasteiger partial charge >= 0.3 is 0 Å². The highest BCUT2D eigenvalue weighted by atomic mass is 15.3. The second-order valence-corrected chi connectivity index (χ2v) is 6.27. The summed E-state index contributed by atoms with van der Waals surface area (Å²) in [5, 5.41) is 7.88. The third-order valence-electron chi connectivity index (χ3n) is 3.52. The molecule has 1 rings (SSSR count). The predicted octanol–water partition coefficient (Wildman–Crippen LogP) is 3.04. The zero-order valence-corrected chi connectivity index (χ0v) is 13.2. The van der Waals surface area contributed by atoms with Crippen LogP contribution < -0.4 is 5.32 Å². The van der Waals surface area contributed by atoms with Gasteiger partial charge < -0.3 is 5.32 Å². The lowest BCUT2D eigenvalue weighted by atomic mass is 9.83. The van der Waals surface area contributed by atoms with E-state index >= 15 is 0 Å². The van der Waals surface area contributed by atoms with Crippen molar-refractivity contribution in [2.24, 2.45) is 5.41 Å². The van der Waals surface area contributed by atoms with Gasteiger partial charge in [-0.05, 0) is 31.2 Å². The Morgan fingerprint density at radius 1 is 1.32 bits per heavy atom. The van der Waals surface area contributed by atoms with Crippen molar-refractivity contribution in [3.8, 4) is 0 Å². The van der Waals surface area contributed by atoms with Gasteiger partial charge in [-0.2, -0.15) is 5.10 Å². The molecule has 0 aliphatic rings. The minimum atomic E-state index is 0.313. The van der Waals surface area contributed by atoms with Crippen LogP contribution in [0.4, 0.5) is 0 Å². The number of hydrogen-bond donors (Lipinski definition) is 1. The number of nitrogens with one attached hydrogen (secondary N) is 1. The van der Waals surface area contributed by atoms with Crippen molar-refractivity contribution < 1.29 is 0 Å². The van der Waals surface area contributed by atoms with E-state index in [0.717, 1.165) is 38.2 Å². The Bertz CT molecular complexity index is 351. The van der Waals surface area contributed by atoms with Crippen LogP contribution >= 0.6 is 0 Å². The molecule has 1 atom stereocenters. The zero-order chi connectivity index (χ0) is 14.3. The standard InChI is InChI=1S/C15H30N4/c1-6-11-19-14(17-12-18-19)10-8-9-13(16-7-2)15(3,4)5/h12-13,16H,6-11H2,1-5H3. The molecule has 1 N–H and O–H groups in total. The molecule has 0 saturated heterocycles. The molecule has 1 heterocycles. The molecule has 0 spiro atoms. The van der Waals surface area contributed by atoms with Gasteiger partial charge in [-0.25, -0.2) is 4.98 Å². The fraction of sp³-hybridized carbons (Fsp3) is 0.867. The molecular formula is C15H30N4. The summed E-state index contributed by atoms with van der Waals surface area (Å²) in [5.74, 6) is 1.13. The number of hydrogen-bond acceptors (Lipinski definition) is 3. The molecule has 0 radical (unpaired) electrons. The number of nitrogens with zero attached hydrogens (tertiary/aromatic N) is 3. The van der Waals surface area contributed by atoms with E-state index in [1.54, 1.807) is 6.33 Å². The lowest BCUT2D eigenvalue weighted by Crippen LogP contribution is -2.40. The monoisotopic (exact) mass is 266 g/mol. The first-order chi connectivity index (χ1) is 8.99. The van der Waals surface area contributed by atoms with Crippen LogP contribution in [-0.4, -0.2) is 27.4 Å². The van der Waals surface area contributed by atoms with Gasteiger partial charge in [-0.3, -0.25) is 4.68 Å². The molecule has 0 aromatic carbocycles. The van der Waals surface area contributed by atoms with Gasteiger partial charge in [0.15, 0.2) is 0 Å². The van der Waals surface area contributed by atoms with Crippen molar-refractivity contribution in [3.05, 3.63) is 12.2 Å². The maximum atomic E-state index is 4.37. The Hall–Kier alpha value is -0.900. The van der Waals surface area contributed by atoms with Crippen LogP contribution in [0.25, 0.3) is 0 Å². The third kappa shape index (κ3) is 5.31. The highest BCUT2D eigenvalue weighted by Gasteiger charge is 2.23. The summed E-state index contributed by atoms with van der Waals surface area (Å²) in [4.78, 5) is 4.37. The van der Waals surface area contributed by atoms with Gasteiger partial charge in [-0.1, -0.05) is 34.6 Å². The molecule has 0 aliphatic heterocycles. The van der Waals surface area contributed by atoms with Crippen molar-refractivity contribution >= 4 is 0 Å². The topological polar surface area (TPSA) is 42.7 Å². The quantitative estimate of drug-likeness (QED) is 0.786. The Kier molecular flexibility index (Phi) is 6.49. The molecule has 19 heavy (non-hydrogen) atoms. The van der Waals surface area contributed by atoms with Crippen molar-refractivity contribution in [2.75, 3.05) is 6.54 Å². The molecule has 110 valence electrons. The average Bonchev–Trinajstić information content (AvgIpc) is 2.75. The van der Waals surface area contributed by atoms with Crippen LogP contribution in [-0.2, 0) is 13.0 Å². The second-order valence-electron chi connectivity index (χ2n) is 6.27. The van der Waals surface area contributed by atoms with E-state index in [1.807, 2.05) is 4.68 Å². The van der Waals surface area contributed by atoms with Crippen LogP contribution in [0.2, 0.25) is 0 Å². The highest BCUT2D eigenvalue weighted by molar-refractivity contribution is 4.87. The highest BCUT2D eigenvalue weighted by Crippen LogP contribution is 2.23. The van der Waals surface area contributed by atoms with E-state index in [-0.39, 0.29) is 0 Å². The van der Waals surface area contributed by atoms with Gasteiger partial charge in [-0.15, -0.1) is 0 Å². The van der Waals surface area contributed by atoms with E-state index in [4.69, 9.17) is 0 Å². The predicted molar refractivity (Wildman–Crippen MR) is 80.2 cm³/mol. The molecule has 1 aromatic heterocycles. The molecule has 1 unspecified atom stereocenters. The van der Waals surface area contributed by atoms with E-state index in [9.17, 15) is 0 Å². The van der Waals surface area contributed by atoms with Crippen LogP contribution in [0.3, 0.4) is 0 Å². The second kappa shape index (κ2) is 7.63. The van der Waals surface area contributed by atoms with Crippen molar-refractivity contribution in [1.82, 2.24) is 20.1 Å². The van der Waals surface area contributed by atoms with Crippen molar-refractivity contribution in [2.45, 2.75) is 72.9 Å². The molecule has 1 aromatic rings. The Morgan fingerprint density at radius 3 is 2.63 bits per heavy atom. The summed E-state index contributed by atoms with van der Waals surface area (Å²) in [6.45, 7) is 13.3. The normalized spacial score (nSPS) is 13.7. The first-order valence-corrected chi connectivity index (χ1v) is 7.59. The van der Waals surface area contributed by atoms with E-state index < -0.39 is 0 Å². The van der Waals surface area contributed by atoms with Crippen LogP contribution in [0.5, 0.6) is 0 Å². The SMILES string of the molecule is CCCn1ncnc1CCCC(NCC)C(C)(C)C. The Morgan fingerprint density at radius 2 is 2.05 bits per heavy atom. The number of aryl methyl sites for hydroxylation is 2. The van der Waals surface area contributed by atoms with Crippen molar-refractivity contribution in [1.29, 1.82) is 0 Å². The third-order valence-corrected chi connectivity index (χ3v) is 3.52. The first kappa shape index (κ1) is 16.2. The summed E-state index contributed by atoms with van der Waals surface area (Å²) in [6, 6.07) is 0.569.